The zero-order valence-corrected chi connectivity index (χ0v) is 13.5. The fraction of sp³-hybridized carbons (Fsp3) is 0.444. The first kappa shape index (κ1) is 16.0. The number of hydrogen-bond donors (Lipinski definition) is 0. The van der Waals surface area contributed by atoms with Gasteiger partial charge in [0.05, 0.1) is 13.2 Å². The molecule has 0 amide bonds. The largest absolute Gasteiger partial charge is 0.493 e. The molecule has 114 valence electrons. The maximum atomic E-state index is 5.91. The maximum Gasteiger partial charge on any atom is 0.127 e. The number of halogens is 1. The number of alkyl halides is 1. The lowest BCUT2D eigenvalue weighted by Gasteiger charge is -2.14. The molecule has 0 fully saturated rings. The second-order valence-corrected chi connectivity index (χ2v) is 5.93. The van der Waals surface area contributed by atoms with Crippen LogP contribution in [0.2, 0.25) is 0 Å². The summed E-state index contributed by atoms with van der Waals surface area (Å²) in [6.07, 6.45) is 1.96. The summed E-state index contributed by atoms with van der Waals surface area (Å²) in [6.45, 7) is 5.72. The van der Waals surface area contributed by atoms with Crippen molar-refractivity contribution in [3.05, 3.63) is 36.4 Å². The van der Waals surface area contributed by atoms with E-state index in [-0.39, 0.29) is 0 Å². The molecule has 2 aromatic rings. The van der Waals surface area contributed by atoms with Gasteiger partial charge in [-0.3, -0.25) is 0 Å². The third kappa shape index (κ3) is 4.53. The van der Waals surface area contributed by atoms with Crippen LogP contribution in [0.15, 0.2) is 36.4 Å². The number of benzene rings is 2. The zero-order chi connectivity index (χ0) is 15.1. The molecule has 2 rings (SSSR count). The lowest BCUT2D eigenvalue weighted by Crippen LogP contribution is -2.05. The van der Waals surface area contributed by atoms with Crippen molar-refractivity contribution in [1.29, 1.82) is 0 Å². The van der Waals surface area contributed by atoms with Crippen LogP contribution in [0, 0.1) is 5.92 Å². The van der Waals surface area contributed by atoms with Crippen molar-refractivity contribution in [3.8, 4) is 11.5 Å². The van der Waals surface area contributed by atoms with Gasteiger partial charge in [0.1, 0.15) is 11.5 Å². The maximum absolute atomic E-state index is 5.91. The number of unbranched alkanes of at least 4 members (excludes halogenated alkanes) is 1. The number of fused-ring (bicyclic) bond motifs is 1. The van der Waals surface area contributed by atoms with E-state index in [1.54, 1.807) is 0 Å². The lowest BCUT2D eigenvalue weighted by molar-refractivity contribution is 0.273. The first-order valence-electron chi connectivity index (χ1n) is 7.55. The summed E-state index contributed by atoms with van der Waals surface area (Å²) in [5, 5.41) is 2.21. The molecule has 21 heavy (non-hydrogen) atoms. The summed E-state index contributed by atoms with van der Waals surface area (Å²) < 4.78 is 11.8. The molecule has 0 spiro atoms. The van der Waals surface area contributed by atoms with Gasteiger partial charge in [0.2, 0.25) is 0 Å². The summed E-state index contributed by atoms with van der Waals surface area (Å²) in [5.41, 5.74) is 0. The first-order valence-corrected chi connectivity index (χ1v) is 8.09. The van der Waals surface area contributed by atoms with Crippen molar-refractivity contribution in [2.24, 2.45) is 5.92 Å². The predicted octanol–water partition coefficient (Wildman–Crippen LogP) is 5.27. The molecule has 0 heterocycles. The zero-order valence-electron chi connectivity index (χ0n) is 12.8. The highest BCUT2D eigenvalue weighted by molar-refractivity contribution is 6.17. The third-order valence-electron chi connectivity index (χ3n) is 3.20. The molecule has 0 saturated heterocycles. The minimum atomic E-state index is 0.509. The predicted molar refractivity (Wildman–Crippen MR) is 89.7 cm³/mol. The summed E-state index contributed by atoms with van der Waals surface area (Å²) in [6, 6.07) is 12.2. The van der Waals surface area contributed by atoms with E-state index in [1.807, 2.05) is 24.3 Å². The van der Waals surface area contributed by atoms with E-state index in [2.05, 4.69) is 26.0 Å². The Morgan fingerprint density at radius 1 is 0.905 bits per heavy atom. The highest BCUT2D eigenvalue weighted by Gasteiger charge is 2.08. The molecule has 2 aromatic carbocycles. The van der Waals surface area contributed by atoms with Gasteiger partial charge in [-0.05, 0) is 30.9 Å². The van der Waals surface area contributed by atoms with Crippen LogP contribution in [0.4, 0.5) is 0 Å². The van der Waals surface area contributed by atoms with Crippen LogP contribution in [0.1, 0.15) is 26.7 Å². The van der Waals surface area contributed by atoms with Crippen LogP contribution in [0.5, 0.6) is 11.5 Å². The molecule has 3 heteroatoms. The number of rotatable bonds is 8. The molecule has 0 radical (unpaired) electrons. The SMILES string of the molecule is CC(C)COc1ccc(OCCCCCl)c2ccccc12. The van der Waals surface area contributed by atoms with Gasteiger partial charge >= 0.3 is 0 Å². The standard InChI is InChI=1S/C18H23ClO2/c1-14(2)13-21-18-10-9-17(20-12-6-5-11-19)15-7-3-4-8-16(15)18/h3-4,7-10,14H,5-6,11-13H2,1-2H3. The van der Waals surface area contributed by atoms with Crippen molar-refractivity contribution in [3.63, 3.8) is 0 Å². The van der Waals surface area contributed by atoms with E-state index in [0.29, 0.717) is 18.4 Å². The monoisotopic (exact) mass is 306 g/mol. The van der Waals surface area contributed by atoms with Crippen molar-refractivity contribution >= 4 is 22.4 Å². The minimum absolute atomic E-state index is 0.509. The lowest BCUT2D eigenvalue weighted by atomic mass is 10.1. The van der Waals surface area contributed by atoms with Gasteiger partial charge in [0.25, 0.3) is 0 Å². The summed E-state index contributed by atoms with van der Waals surface area (Å²) in [7, 11) is 0. The Morgan fingerprint density at radius 3 is 2.10 bits per heavy atom. The fourth-order valence-corrected chi connectivity index (χ4v) is 2.32. The second kappa shape index (κ2) is 8.14. The number of hydrogen-bond acceptors (Lipinski definition) is 2. The molecule has 0 aliphatic heterocycles. The summed E-state index contributed by atoms with van der Waals surface area (Å²) in [4.78, 5) is 0. The molecular formula is C18H23ClO2. The minimum Gasteiger partial charge on any atom is -0.493 e. The Balaban J connectivity index is 2.18. The topological polar surface area (TPSA) is 18.5 Å². The quantitative estimate of drug-likeness (QED) is 0.488. The van der Waals surface area contributed by atoms with Crippen LogP contribution in [-0.4, -0.2) is 19.1 Å². The van der Waals surface area contributed by atoms with Gasteiger partial charge in [0.15, 0.2) is 0 Å². The molecule has 0 saturated carbocycles. The fourth-order valence-electron chi connectivity index (χ4n) is 2.13. The molecule has 0 bridgehead atoms. The molecule has 0 unspecified atom stereocenters. The van der Waals surface area contributed by atoms with Crippen LogP contribution in [-0.2, 0) is 0 Å². The van der Waals surface area contributed by atoms with Gasteiger partial charge in [-0.2, -0.15) is 0 Å². The van der Waals surface area contributed by atoms with Crippen molar-refractivity contribution in [2.45, 2.75) is 26.7 Å². The van der Waals surface area contributed by atoms with E-state index in [0.717, 1.165) is 41.7 Å². The van der Waals surface area contributed by atoms with Gasteiger partial charge in [-0.25, -0.2) is 0 Å². The highest BCUT2D eigenvalue weighted by atomic mass is 35.5. The molecular weight excluding hydrogens is 284 g/mol. The average molecular weight is 307 g/mol. The summed E-state index contributed by atoms with van der Waals surface area (Å²) in [5.74, 6) is 3.03. The molecule has 0 aromatic heterocycles. The Hall–Kier alpha value is -1.41. The Kier molecular flexibility index (Phi) is 6.19. The molecule has 0 atom stereocenters. The molecule has 0 aliphatic carbocycles. The van der Waals surface area contributed by atoms with E-state index < -0.39 is 0 Å². The van der Waals surface area contributed by atoms with E-state index >= 15 is 0 Å². The normalized spacial score (nSPS) is 11.0. The van der Waals surface area contributed by atoms with Gasteiger partial charge in [-0.1, -0.05) is 38.1 Å². The van der Waals surface area contributed by atoms with E-state index in [1.165, 1.54) is 0 Å². The second-order valence-electron chi connectivity index (χ2n) is 5.56. The van der Waals surface area contributed by atoms with Crippen LogP contribution in [0.25, 0.3) is 10.8 Å². The highest BCUT2D eigenvalue weighted by Crippen LogP contribution is 2.33. The smallest absolute Gasteiger partial charge is 0.127 e. The third-order valence-corrected chi connectivity index (χ3v) is 3.47. The Bertz CT molecular complexity index is 566. The van der Waals surface area contributed by atoms with Crippen LogP contribution >= 0.6 is 11.6 Å². The first-order chi connectivity index (χ1) is 10.2. The van der Waals surface area contributed by atoms with Crippen LogP contribution < -0.4 is 9.47 Å². The van der Waals surface area contributed by atoms with Gasteiger partial charge in [-0.15, -0.1) is 11.6 Å². The summed E-state index contributed by atoms with van der Waals surface area (Å²) >= 11 is 5.69. The molecule has 0 N–H and O–H groups in total. The molecule has 0 aliphatic rings. The van der Waals surface area contributed by atoms with Crippen molar-refractivity contribution in [2.75, 3.05) is 19.1 Å². The average Bonchev–Trinajstić information content (AvgIpc) is 2.50. The van der Waals surface area contributed by atoms with Gasteiger partial charge in [0, 0.05) is 16.7 Å². The van der Waals surface area contributed by atoms with Crippen molar-refractivity contribution in [1.82, 2.24) is 0 Å². The van der Waals surface area contributed by atoms with Crippen LogP contribution in [0.3, 0.4) is 0 Å². The Morgan fingerprint density at radius 2 is 1.52 bits per heavy atom. The number of ether oxygens (including phenoxy) is 2. The molecule has 2 nitrogen and oxygen atoms in total. The van der Waals surface area contributed by atoms with Crippen molar-refractivity contribution < 1.29 is 9.47 Å². The van der Waals surface area contributed by atoms with Gasteiger partial charge < -0.3 is 9.47 Å². The van der Waals surface area contributed by atoms with E-state index in [9.17, 15) is 0 Å². The van der Waals surface area contributed by atoms with E-state index in [4.69, 9.17) is 21.1 Å². The Labute approximate surface area is 132 Å².